The summed E-state index contributed by atoms with van der Waals surface area (Å²) in [6.07, 6.45) is 2.68. The number of methoxy groups -OCH3 is 1. The third-order valence-corrected chi connectivity index (χ3v) is 2.99. The van der Waals surface area contributed by atoms with Gasteiger partial charge in [0.25, 0.3) is 0 Å². The van der Waals surface area contributed by atoms with E-state index in [1.165, 1.54) is 18.4 Å². The molecule has 1 aromatic carbocycles. The maximum atomic E-state index is 5.79. The lowest BCUT2D eigenvalue weighted by molar-refractivity contribution is 0.414. The van der Waals surface area contributed by atoms with Gasteiger partial charge in [0.15, 0.2) is 0 Å². The van der Waals surface area contributed by atoms with Crippen LogP contribution < -0.4 is 10.5 Å². The third-order valence-electron chi connectivity index (χ3n) is 2.99. The molecule has 1 unspecified atom stereocenters. The SMILES string of the molecule is COc1ccc(C(CN)C2CC2)cc1. The van der Waals surface area contributed by atoms with E-state index in [0.29, 0.717) is 5.92 Å². The van der Waals surface area contributed by atoms with Gasteiger partial charge in [0, 0.05) is 0 Å². The Balaban J connectivity index is 2.13. The number of hydrogen-bond donors (Lipinski definition) is 1. The molecule has 1 saturated carbocycles. The second kappa shape index (κ2) is 4.01. The molecule has 0 amide bonds. The first kappa shape index (κ1) is 9.53. The molecule has 2 N–H and O–H groups in total. The zero-order valence-corrected chi connectivity index (χ0v) is 8.57. The molecule has 0 spiro atoms. The average molecular weight is 191 g/mol. The molecule has 1 aliphatic carbocycles. The lowest BCUT2D eigenvalue weighted by atomic mass is 9.94. The van der Waals surface area contributed by atoms with E-state index in [1.54, 1.807) is 7.11 Å². The van der Waals surface area contributed by atoms with Crippen molar-refractivity contribution in [1.29, 1.82) is 0 Å². The predicted octanol–water partition coefficient (Wildman–Crippen LogP) is 2.15. The molecular formula is C12H17NO. The average Bonchev–Trinajstić information content (AvgIpc) is 3.04. The van der Waals surface area contributed by atoms with E-state index in [1.807, 2.05) is 12.1 Å². The number of nitrogens with two attached hydrogens (primary N) is 1. The quantitative estimate of drug-likeness (QED) is 0.791. The minimum Gasteiger partial charge on any atom is -0.497 e. The van der Waals surface area contributed by atoms with Crippen molar-refractivity contribution >= 4 is 0 Å². The molecule has 0 heterocycles. The summed E-state index contributed by atoms with van der Waals surface area (Å²) >= 11 is 0. The molecule has 14 heavy (non-hydrogen) atoms. The van der Waals surface area contributed by atoms with Crippen molar-refractivity contribution in [2.75, 3.05) is 13.7 Å². The van der Waals surface area contributed by atoms with Gasteiger partial charge in [0.1, 0.15) is 5.75 Å². The molecule has 0 bridgehead atoms. The first-order chi connectivity index (χ1) is 6.85. The van der Waals surface area contributed by atoms with Crippen LogP contribution in [0.3, 0.4) is 0 Å². The fraction of sp³-hybridized carbons (Fsp3) is 0.500. The van der Waals surface area contributed by atoms with Crippen LogP contribution in [-0.4, -0.2) is 13.7 Å². The molecule has 2 heteroatoms. The Morgan fingerprint density at radius 2 is 2.00 bits per heavy atom. The molecule has 1 fully saturated rings. The van der Waals surface area contributed by atoms with Gasteiger partial charge in [-0.15, -0.1) is 0 Å². The Bertz CT molecular complexity index is 290. The van der Waals surface area contributed by atoms with Gasteiger partial charge >= 0.3 is 0 Å². The summed E-state index contributed by atoms with van der Waals surface area (Å²) in [7, 11) is 1.69. The van der Waals surface area contributed by atoms with Gasteiger partial charge in [-0.3, -0.25) is 0 Å². The van der Waals surface area contributed by atoms with Crippen molar-refractivity contribution in [3.05, 3.63) is 29.8 Å². The Hall–Kier alpha value is -1.02. The smallest absolute Gasteiger partial charge is 0.118 e. The highest BCUT2D eigenvalue weighted by atomic mass is 16.5. The van der Waals surface area contributed by atoms with E-state index in [9.17, 15) is 0 Å². The monoisotopic (exact) mass is 191 g/mol. The van der Waals surface area contributed by atoms with E-state index in [-0.39, 0.29) is 0 Å². The molecule has 1 atom stereocenters. The Labute approximate surface area is 85.1 Å². The highest BCUT2D eigenvalue weighted by molar-refractivity contribution is 5.30. The highest BCUT2D eigenvalue weighted by Crippen LogP contribution is 2.42. The highest BCUT2D eigenvalue weighted by Gasteiger charge is 2.30. The van der Waals surface area contributed by atoms with Gasteiger partial charge in [-0.25, -0.2) is 0 Å². The topological polar surface area (TPSA) is 35.2 Å². The van der Waals surface area contributed by atoms with E-state index < -0.39 is 0 Å². The molecule has 0 saturated heterocycles. The number of hydrogen-bond acceptors (Lipinski definition) is 2. The van der Waals surface area contributed by atoms with Crippen LogP contribution >= 0.6 is 0 Å². The van der Waals surface area contributed by atoms with Crippen molar-refractivity contribution in [3.8, 4) is 5.75 Å². The Kier molecular flexibility index (Phi) is 2.73. The summed E-state index contributed by atoms with van der Waals surface area (Å²) in [5.41, 5.74) is 7.14. The molecular weight excluding hydrogens is 174 g/mol. The maximum Gasteiger partial charge on any atom is 0.118 e. The Morgan fingerprint density at radius 3 is 2.43 bits per heavy atom. The van der Waals surface area contributed by atoms with Crippen LogP contribution in [0.1, 0.15) is 24.3 Å². The van der Waals surface area contributed by atoms with Crippen LogP contribution in [0.5, 0.6) is 5.75 Å². The number of rotatable bonds is 4. The summed E-state index contributed by atoms with van der Waals surface area (Å²) in [5, 5.41) is 0. The van der Waals surface area contributed by atoms with Gasteiger partial charge in [-0.05, 0) is 48.9 Å². The first-order valence-corrected chi connectivity index (χ1v) is 5.19. The minimum absolute atomic E-state index is 0.556. The van der Waals surface area contributed by atoms with Crippen molar-refractivity contribution in [2.45, 2.75) is 18.8 Å². The van der Waals surface area contributed by atoms with Crippen LogP contribution in [0.15, 0.2) is 24.3 Å². The summed E-state index contributed by atoms with van der Waals surface area (Å²) in [4.78, 5) is 0. The maximum absolute atomic E-state index is 5.79. The molecule has 1 aliphatic rings. The zero-order valence-electron chi connectivity index (χ0n) is 8.57. The van der Waals surface area contributed by atoms with Gasteiger partial charge in [0.2, 0.25) is 0 Å². The van der Waals surface area contributed by atoms with Crippen molar-refractivity contribution in [3.63, 3.8) is 0 Å². The van der Waals surface area contributed by atoms with Gasteiger partial charge in [-0.1, -0.05) is 12.1 Å². The summed E-state index contributed by atoms with van der Waals surface area (Å²) < 4.78 is 5.13. The molecule has 76 valence electrons. The molecule has 0 aromatic heterocycles. The second-order valence-corrected chi connectivity index (χ2v) is 3.95. The van der Waals surface area contributed by atoms with E-state index in [2.05, 4.69) is 12.1 Å². The predicted molar refractivity (Wildman–Crippen MR) is 57.5 cm³/mol. The van der Waals surface area contributed by atoms with Crippen LogP contribution in [0, 0.1) is 5.92 Å². The normalized spacial score (nSPS) is 17.9. The van der Waals surface area contributed by atoms with Crippen molar-refractivity contribution < 1.29 is 4.74 Å². The van der Waals surface area contributed by atoms with Gasteiger partial charge in [0.05, 0.1) is 7.11 Å². The molecule has 1 aromatic rings. The minimum atomic E-state index is 0.556. The van der Waals surface area contributed by atoms with Crippen LogP contribution in [0.4, 0.5) is 0 Å². The molecule has 0 aliphatic heterocycles. The Morgan fingerprint density at radius 1 is 1.36 bits per heavy atom. The zero-order chi connectivity index (χ0) is 9.97. The number of ether oxygens (including phenoxy) is 1. The van der Waals surface area contributed by atoms with E-state index in [4.69, 9.17) is 10.5 Å². The second-order valence-electron chi connectivity index (χ2n) is 3.95. The lowest BCUT2D eigenvalue weighted by Gasteiger charge is -2.14. The third kappa shape index (κ3) is 1.90. The molecule has 0 radical (unpaired) electrons. The number of benzene rings is 1. The van der Waals surface area contributed by atoms with Crippen LogP contribution in [0.25, 0.3) is 0 Å². The van der Waals surface area contributed by atoms with Crippen molar-refractivity contribution in [2.24, 2.45) is 11.7 Å². The van der Waals surface area contributed by atoms with Crippen LogP contribution in [0.2, 0.25) is 0 Å². The van der Waals surface area contributed by atoms with Gasteiger partial charge in [-0.2, -0.15) is 0 Å². The summed E-state index contributed by atoms with van der Waals surface area (Å²) in [6, 6.07) is 8.30. The first-order valence-electron chi connectivity index (χ1n) is 5.19. The van der Waals surface area contributed by atoms with Gasteiger partial charge < -0.3 is 10.5 Å². The lowest BCUT2D eigenvalue weighted by Crippen LogP contribution is -2.14. The largest absolute Gasteiger partial charge is 0.497 e. The summed E-state index contributed by atoms with van der Waals surface area (Å²) in [5.74, 6) is 2.30. The van der Waals surface area contributed by atoms with Crippen molar-refractivity contribution in [1.82, 2.24) is 0 Å². The van der Waals surface area contributed by atoms with E-state index >= 15 is 0 Å². The molecule has 2 rings (SSSR count). The standard InChI is InChI=1S/C12H17NO/c1-14-11-6-4-10(5-7-11)12(8-13)9-2-3-9/h4-7,9,12H,2-3,8,13H2,1H3. The van der Waals surface area contributed by atoms with Crippen LogP contribution in [-0.2, 0) is 0 Å². The fourth-order valence-corrected chi connectivity index (χ4v) is 1.95. The molecule has 2 nitrogen and oxygen atoms in total. The summed E-state index contributed by atoms with van der Waals surface area (Å²) in [6.45, 7) is 0.761. The fourth-order valence-electron chi connectivity index (χ4n) is 1.95. The van der Waals surface area contributed by atoms with E-state index in [0.717, 1.165) is 18.2 Å².